The number of hydrogen-bond donors (Lipinski definition) is 1. The Morgan fingerprint density at radius 1 is 1.32 bits per heavy atom. The Morgan fingerprint density at radius 3 is 2.63 bits per heavy atom. The van der Waals surface area contributed by atoms with E-state index >= 15 is 0 Å². The fraction of sp³-hybridized carbons (Fsp3) is 0.0833. The van der Waals surface area contributed by atoms with Crippen LogP contribution in [0.1, 0.15) is 27.4 Å². The summed E-state index contributed by atoms with van der Waals surface area (Å²) in [6.45, 7) is 0.247. The lowest BCUT2D eigenvalue weighted by Gasteiger charge is -2.03. The predicted octanol–water partition coefficient (Wildman–Crippen LogP) is 0.768. The first-order valence-corrected chi connectivity index (χ1v) is 5.19. The van der Waals surface area contributed by atoms with Gasteiger partial charge in [-0.25, -0.2) is 9.78 Å². The van der Waals surface area contributed by atoms with Crippen LogP contribution in [0.4, 0.5) is 0 Å². The van der Waals surface area contributed by atoms with Crippen LogP contribution >= 0.6 is 0 Å². The van der Waals surface area contributed by atoms with Gasteiger partial charge in [0, 0.05) is 6.20 Å². The highest BCUT2D eigenvalue weighted by Crippen LogP contribution is 2.08. The van der Waals surface area contributed by atoms with Crippen molar-refractivity contribution in [2.24, 2.45) is 0 Å². The van der Waals surface area contributed by atoms with Gasteiger partial charge in [-0.2, -0.15) is 10.5 Å². The molecule has 1 N–H and O–H groups in total. The summed E-state index contributed by atoms with van der Waals surface area (Å²) in [5, 5.41) is 26.5. The van der Waals surface area contributed by atoms with E-state index < -0.39 is 5.97 Å². The van der Waals surface area contributed by atoms with Gasteiger partial charge in [0.1, 0.15) is 12.1 Å². The van der Waals surface area contributed by atoms with Crippen LogP contribution in [0.3, 0.4) is 0 Å². The zero-order valence-electron chi connectivity index (χ0n) is 9.61. The Labute approximate surface area is 108 Å². The highest BCUT2D eigenvalue weighted by Gasteiger charge is 2.11. The number of carbonyl (C=O) groups is 1. The van der Waals surface area contributed by atoms with Crippen molar-refractivity contribution in [3.05, 3.63) is 47.3 Å². The standard InChI is InChI=1S/C12H7N5O2/c13-3-10-11(4-14)17(7-16-10)6-9-2-1-8(5-15-9)12(18)19/h1-2,5,7H,6H2,(H,18,19). The number of rotatable bonds is 3. The van der Waals surface area contributed by atoms with Crippen LogP contribution in [-0.2, 0) is 6.54 Å². The van der Waals surface area contributed by atoms with Crippen molar-refractivity contribution in [3.63, 3.8) is 0 Å². The molecule has 7 heteroatoms. The lowest BCUT2D eigenvalue weighted by Crippen LogP contribution is -2.05. The van der Waals surface area contributed by atoms with Gasteiger partial charge in [-0.15, -0.1) is 0 Å². The first-order chi connectivity index (χ1) is 9.15. The second-order valence-electron chi connectivity index (χ2n) is 3.64. The van der Waals surface area contributed by atoms with Gasteiger partial charge in [-0.3, -0.25) is 4.98 Å². The third kappa shape index (κ3) is 2.40. The molecule has 0 amide bonds. The molecule has 0 saturated heterocycles. The first kappa shape index (κ1) is 12.3. The van der Waals surface area contributed by atoms with Crippen LogP contribution in [0, 0.1) is 22.7 Å². The molecule has 0 bridgehead atoms. The predicted molar refractivity (Wildman–Crippen MR) is 62.0 cm³/mol. The lowest BCUT2D eigenvalue weighted by atomic mass is 10.2. The van der Waals surface area contributed by atoms with Crippen LogP contribution in [0.2, 0.25) is 0 Å². The van der Waals surface area contributed by atoms with Gasteiger partial charge < -0.3 is 9.67 Å². The summed E-state index contributed by atoms with van der Waals surface area (Å²) in [4.78, 5) is 18.5. The number of aromatic nitrogens is 3. The SMILES string of the molecule is N#Cc1ncn(Cc2ccc(C(=O)O)cn2)c1C#N. The molecule has 0 fully saturated rings. The van der Waals surface area contributed by atoms with Crippen molar-refractivity contribution in [1.82, 2.24) is 14.5 Å². The highest BCUT2D eigenvalue weighted by atomic mass is 16.4. The first-order valence-electron chi connectivity index (χ1n) is 5.19. The summed E-state index contributed by atoms with van der Waals surface area (Å²) in [5.41, 5.74) is 0.882. The topological polar surface area (TPSA) is 116 Å². The number of carboxylic acids is 1. The number of aromatic carboxylic acids is 1. The Hall–Kier alpha value is -3.19. The molecule has 0 atom stereocenters. The summed E-state index contributed by atoms with van der Waals surface area (Å²) in [7, 11) is 0. The minimum Gasteiger partial charge on any atom is -0.478 e. The molecular weight excluding hydrogens is 246 g/mol. The zero-order chi connectivity index (χ0) is 13.8. The fourth-order valence-electron chi connectivity index (χ4n) is 1.52. The van der Waals surface area contributed by atoms with E-state index in [9.17, 15) is 4.79 Å². The van der Waals surface area contributed by atoms with Gasteiger partial charge in [0.05, 0.1) is 24.1 Å². The van der Waals surface area contributed by atoms with Crippen LogP contribution in [0.15, 0.2) is 24.7 Å². The largest absolute Gasteiger partial charge is 0.478 e. The molecule has 7 nitrogen and oxygen atoms in total. The van der Waals surface area contributed by atoms with E-state index in [1.807, 2.05) is 12.1 Å². The van der Waals surface area contributed by atoms with Gasteiger partial charge in [0.15, 0.2) is 11.4 Å². The van der Waals surface area contributed by atoms with Crippen LogP contribution in [0.5, 0.6) is 0 Å². The molecule has 0 aliphatic rings. The Morgan fingerprint density at radius 2 is 2.11 bits per heavy atom. The number of pyridine rings is 1. The van der Waals surface area contributed by atoms with E-state index in [-0.39, 0.29) is 23.5 Å². The summed E-state index contributed by atoms with van der Waals surface area (Å²) in [6.07, 6.45) is 2.62. The zero-order valence-corrected chi connectivity index (χ0v) is 9.61. The number of imidazole rings is 1. The van der Waals surface area contributed by atoms with E-state index in [2.05, 4.69) is 9.97 Å². The van der Waals surface area contributed by atoms with E-state index in [1.165, 1.54) is 23.2 Å². The van der Waals surface area contributed by atoms with Crippen molar-refractivity contribution >= 4 is 5.97 Å². The molecule has 2 heterocycles. The lowest BCUT2D eigenvalue weighted by molar-refractivity contribution is 0.0696. The van der Waals surface area contributed by atoms with Gasteiger partial charge in [0.25, 0.3) is 0 Å². The maximum Gasteiger partial charge on any atom is 0.337 e. The second-order valence-corrected chi connectivity index (χ2v) is 3.64. The van der Waals surface area contributed by atoms with Crippen molar-refractivity contribution in [1.29, 1.82) is 10.5 Å². The summed E-state index contributed by atoms with van der Waals surface area (Å²) >= 11 is 0. The number of nitrogens with zero attached hydrogens (tertiary/aromatic N) is 5. The number of nitriles is 2. The molecule has 0 aliphatic carbocycles. The summed E-state index contributed by atoms with van der Waals surface area (Å²) in [6, 6.07) is 6.71. The van der Waals surface area contributed by atoms with E-state index in [1.54, 1.807) is 6.07 Å². The Bertz CT molecular complexity index is 703. The molecule has 0 radical (unpaired) electrons. The molecule has 2 aromatic heterocycles. The quantitative estimate of drug-likeness (QED) is 0.863. The maximum absolute atomic E-state index is 10.7. The monoisotopic (exact) mass is 253 g/mol. The highest BCUT2D eigenvalue weighted by molar-refractivity contribution is 5.87. The minimum atomic E-state index is -1.05. The number of carboxylic acid groups (broad SMARTS) is 1. The summed E-state index contributed by atoms with van der Waals surface area (Å²) in [5.74, 6) is -1.05. The van der Waals surface area contributed by atoms with Crippen molar-refractivity contribution in [2.75, 3.05) is 0 Å². The molecule has 0 saturated carbocycles. The average Bonchev–Trinajstić information content (AvgIpc) is 2.81. The van der Waals surface area contributed by atoms with Gasteiger partial charge in [0.2, 0.25) is 0 Å². The average molecular weight is 253 g/mol. The second kappa shape index (κ2) is 4.98. The molecule has 19 heavy (non-hydrogen) atoms. The van der Waals surface area contributed by atoms with Crippen molar-refractivity contribution in [3.8, 4) is 12.1 Å². The molecule has 0 aliphatic heterocycles. The fourth-order valence-corrected chi connectivity index (χ4v) is 1.52. The van der Waals surface area contributed by atoms with Gasteiger partial charge >= 0.3 is 5.97 Å². The normalized spacial score (nSPS) is 9.58. The third-order valence-electron chi connectivity index (χ3n) is 2.45. The molecule has 92 valence electrons. The van der Waals surface area contributed by atoms with Crippen molar-refractivity contribution < 1.29 is 9.90 Å². The molecule has 2 rings (SSSR count). The Kier molecular flexibility index (Phi) is 3.22. The molecule has 0 aromatic carbocycles. The van der Waals surface area contributed by atoms with Crippen molar-refractivity contribution in [2.45, 2.75) is 6.54 Å². The third-order valence-corrected chi connectivity index (χ3v) is 2.45. The molecule has 0 spiro atoms. The molecular formula is C12H7N5O2. The van der Waals surface area contributed by atoms with E-state index in [0.717, 1.165) is 0 Å². The summed E-state index contributed by atoms with van der Waals surface area (Å²) < 4.78 is 1.49. The van der Waals surface area contributed by atoms with Crippen LogP contribution in [-0.4, -0.2) is 25.6 Å². The van der Waals surface area contributed by atoms with E-state index in [4.69, 9.17) is 15.6 Å². The van der Waals surface area contributed by atoms with E-state index in [0.29, 0.717) is 5.69 Å². The van der Waals surface area contributed by atoms with Crippen LogP contribution in [0.25, 0.3) is 0 Å². The molecule has 0 unspecified atom stereocenters. The minimum absolute atomic E-state index is 0.0599. The Balaban J connectivity index is 2.27. The van der Waals surface area contributed by atoms with Crippen LogP contribution < -0.4 is 0 Å². The van der Waals surface area contributed by atoms with Gasteiger partial charge in [-0.05, 0) is 12.1 Å². The van der Waals surface area contributed by atoms with Gasteiger partial charge in [-0.1, -0.05) is 0 Å². The molecule has 2 aromatic rings. The smallest absolute Gasteiger partial charge is 0.337 e. The number of hydrogen-bond acceptors (Lipinski definition) is 5. The maximum atomic E-state index is 10.7.